The third kappa shape index (κ3) is 4.72. The molecule has 0 saturated heterocycles. The van der Waals surface area contributed by atoms with E-state index < -0.39 is 35.3 Å². The van der Waals surface area contributed by atoms with Crippen molar-refractivity contribution in [2.75, 3.05) is 0 Å². The van der Waals surface area contributed by atoms with Crippen LogP contribution in [0.5, 0.6) is 0 Å². The third-order valence-corrected chi connectivity index (χ3v) is 4.36. The lowest BCUT2D eigenvalue weighted by Gasteiger charge is -2.31. The molecule has 134 valence electrons. The molecule has 0 unspecified atom stereocenters. The Bertz CT molecular complexity index is 708. The molecule has 0 aliphatic heterocycles. The van der Waals surface area contributed by atoms with Crippen LogP contribution < -0.4 is 16.6 Å². The number of nitrogens with one attached hydrogen (secondary N) is 3. The van der Waals surface area contributed by atoms with Crippen LogP contribution in [0.1, 0.15) is 43.4 Å². The minimum atomic E-state index is -4.23. The number of H-pyrrole nitrogens is 2. The number of aromatic amines is 2. The van der Waals surface area contributed by atoms with Gasteiger partial charge in [0.05, 0.1) is 5.92 Å². The van der Waals surface area contributed by atoms with E-state index in [2.05, 4.69) is 15.3 Å². The van der Waals surface area contributed by atoms with Crippen molar-refractivity contribution >= 4 is 5.91 Å². The Morgan fingerprint density at radius 1 is 1.25 bits per heavy atom. The second-order valence-electron chi connectivity index (χ2n) is 6.18. The number of rotatable bonds is 4. The monoisotopic (exact) mass is 347 g/mol. The zero-order valence-corrected chi connectivity index (χ0v) is 13.3. The first-order valence-electron chi connectivity index (χ1n) is 7.85. The van der Waals surface area contributed by atoms with Crippen LogP contribution >= 0.6 is 0 Å². The summed E-state index contributed by atoms with van der Waals surface area (Å²) in [4.78, 5) is 39.3. The fraction of sp³-hybridized carbons (Fsp3) is 0.667. The highest BCUT2D eigenvalue weighted by atomic mass is 19.4. The van der Waals surface area contributed by atoms with Gasteiger partial charge < -0.3 is 10.3 Å². The van der Waals surface area contributed by atoms with Gasteiger partial charge >= 0.3 is 11.9 Å². The molecule has 3 N–H and O–H groups in total. The van der Waals surface area contributed by atoms with Crippen molar-refractivity contribution in [3.63, 3.8) is 0 Å². The summed E-state index contributed by atoms with van der Waals surface area (Å²) in [6.07, 6.45) is -3.20. The molecule has 0 spiro atoms. The number of aryl methyl sites for hydroxylation is 1. The van der Waals surface area contributed by atoms with Crippen LogP contribution in [0, 0.1) is 12.8 Å². The standard InChI is InChI=1S/C15H20F3N3O3/c1-8-11(13(23)21-14(24)19-8)5-6-12(22)20-10-4-2-3-9(7-10)15(16,17)18/h9-10H,2-7H2,1H3,(H,20,22)(H2,19,21,23,24)/t9-,10-/m0/s1. The van der Waals surface area contributed by atoms with E-state index in [1.807, 2.05) is 0 Å². The first-order chi connectivity index (χ1) is 11.2. The maximum absolute atomic E-state index is 12.8. The molecule has 2 atom stereocenters. The van der Waals surface area contributed by atoms with E-state index in [9.17, 15) is 27.6 Å². The largest absolute Gasteiger partial charge is 0.391 e. The number of hydrogen-bond donors (Lipinski definition) is 3. The van der Waals surface area contributed by atoms with Crippen LogP contribution in [-0.2, 0) is 11.2 Å². The molecule has 0 aromatic carbocycles. The first kappa shape index (κ1) is 18.3. The lowest BCUT2D eigenvalue weighted by atomic mass is 9.85. The summed E-state index contributed by atoms with van der Waals surface area (Å²) in [6, 6.07) is -0.493. The predicted octanol–water partition coefficient (Wildman–Crippen LogP) is 1.54. The normalized spacial score (nSPS) is 21.5. The highest BCUT2D eigenvalue weighted by Crippen LogP contribution is 2.37. The van der Waals surface area contributed by atoms with Crippen molar-refractivity contribution in [1.29, 1.82) is 0 Å². The van der Waals surface area contributed by atoms with Gasteiger partial charge in [-0.2, -0.15) is 13.2 Å². The van der Waals surface area contributed by atoms with Gasteiger partial charge in [0.2, 0.25) is 5.91 Å². The summed E-state index contributed by atoms with van der Waals surface area (Å²) in [5, 5.41) is 2.62. The van der Waals surface area contributed by atoms with E-state index in [-0.39, 0.29) is 25.7 Å². The molecule has 1 fully saturated rings. The van der Waals surface area contributed by atoms with Crippen molar-refractivity contribution in [2.45, 2.75) is 57.7 Å². The quantitative estimate of drug-likeness (QED) is 0.771. The van der Waals surface area contributed by atoms with Gasteiger partial charge in [-0.1, -0.05) is 6.42 Å². The van der Waals surface area contributed by atoms with E-state index >= 15 is 0 Å². The lowest BCUT2D eigenvalue weighted by molar-refractivity contribution is -0.184. The third-order valence-electron chi connectivity index (χ3n) is 4.36. The number of carbonyl (C=O) groups excluding carboxylic acids is 1. The summed E-state index contributed by atoms with van der Waals surface area (Å²) < 4.78 is 38.3. The summed E-state index contributed by atoms with van der Waals surface area (Å²) in [6.45, 7) is 1.55. The molecule has 24 heavy (non-hydrogen) atoms. The fourth-order valence-electron chi connectivity index (χ4n) is 3.08. The number of hydrogen-bond acceptors (Lipinski definition) is 3. The molecule has 1 aromatic rings. The van der Waals surface area contributed by atoms with Crippen LogP contribution in [0.2, 0.25) is 0 Å². The number of carbonyl (C=O) groups is 1. The van der Waals surface area contributed by atoms with Crippen LogP contribution in [-0.4, -0.2) is 28.1 Å². The zero-order valence-electron chi connectivity index (χ0n) is 13.3. The van der Waals surface area contributed by atoms with E-state index in [4.69, 9.17) is 0 Å². The summed E-state index contributed by atoms with van der Waals surface area (Å²) in [5.41, 5.74) is -0.502. The van der Waals surface area contributed by atoms with E-state index in [1.165, 1.54) is 0 Å². The average Bonchev–Trinajstić information content (AvgIpc) is 2.45. The molecular formula is C15H20F3N3O3. The molecule has 0 bridgehead atoms. The van der Waals surface area contributed by atoms with Crippen molar-refractivity contribution in [1.82, 2.24) is 15.3 Å². The van der Waals surface area contributed by atoms with Crippen LogP contribution in [0.15, 0.2) is 9.59 Å². The van der Waals surface area contributed by atoms with Crippen molar-refractivity contribution in [2.24, 2.45) is 5.92 Å². The highest BCUT2D eigenvalue weighted by molar-refractivity contribution is 5.76. The maximum Gasteiger partial charge on any atom is 0.391 e. The first-order valence-corrected chi connectivity index (χ1v) is 7.85. The molecule has 1 aliphatic carbocycles. The molecule has 1 aliphatic rings. The predicted molar refractivity (Wildman–Crippen MR) is 80.7 cm³/mol. The molecule has 1 heterocycles. The lowest BCUT2D eigenvalue weighted by Crippen LogP contribution is -2.41. The number of alkyl halides is 3. The van der Waals surface area contributed by atoms with Crippen LogP contribution in [0.3, 0.4) is 0 Å². The Hall–Kier alpha value is -2.06. The summed E-state index contributed by atoms with van der Waals surface area (Å²) in [7, 11) is 0. The van der Waals surface area contributed by atoms with Gasteiger partial charge in [0.25, 0.3) is 5.56 Å². The van der Waals surface area contributed by atoms with Crippen molar-refractivity contribution < 1.29 is 18.0 Å². The van der Waals surface area contributed by atoms with Crippen molar-refractivity contribution in [3.8, 4) is 0 Å². The zero-order chi connectivity index (χ0) is 17.9. The summed E-state index contributed by atoms with van der Waals surface area (Å²) >= 11 is 0. The Morgan fingerprint density at radius 3 is 2.58 bits per heavy atom. The number of aromatic nitrogens is 2. The van der Waals surface area contributed by atoms with Gasteiger partial charge in [0, 0.05) is 23.7 Å². The van der Waals surface area contributed by atoms with E-state index in [1.54, 1.807) is 6.92 Å². The van der Waals surface area contributed by atoms with Crippen LogP contribution in [0.25, 0.3) is 0 Å². The Kier molecular flexibility index (Phi) is 5.51. The molecule has 9 heteroatoms. The van der Waals surface area contributed by atoms with Gasteiger partial charge in [-0.3, -0.25) is 14.6 Å². The molecule has 1 amide bonds. The highest BCUT2D eigenvalue weighted by Gasteiger charge is 2.42. The van der Waals surface area contributed by atoms with Gasteiger partial charge in [0.1, 0.15) is 0 Å². The Balaban J connectivity index is 1.90. The van der Waals surface area contributed by atoms with E-state index in [0.717, 1.165) is 0 Å². The minimum absolute atomic E-state index is 0.0247. The van der Waals surface area contributed by atoms with Crippen molar-refractivity contribution in [3.05, 3.63) is 32.1 Å². The van der Waals surface area contributed by atoms with E-state index in [0.29, 0.717) is 24.1 Å². The SMILES string of the molecule is Cc1[nH]c(=O)[nH]c(=O)c1CCC(=O)N[C@H]1CCC[C@H](C(F)(F)F)C1. The molecular weight excluding hydrogens is 327 g/mol. The fourth-order valence-corrected chi connectivity index (χ4v) is 3.08. The molecule has 2 rings (SSSR count). The molecule has 1 aromatic heterocycles. The van der Waals surface area contributed by atoms with Gasteiger partial charge in [0.15, 0.2) is 0 Å². The Labute approximate surface area is 135 Å². The maximum atomic E-state index is 12.8. The molecule has 0 radical (unpaired) electrons. The van der Waals surface area contributed by atoms with Gasteiger partial charge in [-0.05, 0) is 32.6 Å². The second-order valence-corrected chi connectivity index (χ2v) is 6.18. The number of amides is 1. The minimum Gasteiger partial charge on any atom is -0.353 e. The van der Waals surface area contributed by atoms with Gasteiger partial charge in [-0.15, -0.1) is 0 Å². The smallest absolute Gasteiger partial charge is 0.353 e. The van der Waals surface area contributed by atoms with Gasteiger partial charge in [-0.25, -0.2) is 4.79 Å². The Morgan fingerprint density at radius 2 is 1.96 bits per heavy atom. The van der Waals surface area contributed by atoms with Crippen LogP contribution in [0.4, 0.5) is 13.2 Å². The molecule has 6 nitrogen and oxygen atoms in total. The molecule has 1 saturated carbocycles. The second kappa shape index (κ2) is 7.23. The average molecular weight is 347 g/mol. The topological polar surface area (TPSA) is 94.8 Å². The summed E-state index contributed by atoms with van der Waals surface area (Å²) in [5.74, 6) is -1.77. The number of halogens is 3.